The van der Waals surface area contributed by atoms with Gasteiger partial charge in [-0.2, -0.15) is 17.4 Å². The molecular weight excluding hydrogens is 284 g/mol. The maximum atomic E-state index is 12.1. The predicted molar refractivity (Wildman–Crippen MR) is 79.1 cm³/mol. The molecular formula is C11H22N4O2S2. The van der Waals surface area contributed by atoms with Gasteiger partial charge in [0.1, 0.15) is 0 Å². The first-order chi connectivity index (χ1) is 8.94. The summed E-state index contributed by atoms with van der Waals surface area (Å²) < 4.78 is 28.4. The molecule has 2 aliphatic rings. The molecule has 0 aromatic carbocycles. The van der Waals surface area contributed by atoms with Gasteiger partial charge < -0.3 is 5.73 Å². The van der Waals surface area contributed by atoms with Gasteiger partial charge in [-0.3, -0.25) is 4.90 Å². The van der Waals surface area contributed by atoms with Gasteiger partial charge in [0.15, 0.2) is 0 Å². The number of nitrogens with one attached hydrogen (secondary N) is 1. The highest BCUT2D eigenvalue weighted by Gasteiger charge is 2.34. The Bertz CT molecular complexity index is 428. The standard InChI is InChI=1S/C11H22N4O2S2/c1-2-10(11(12)18)14-5-7-15(8-6-14)19(16,17)13-9-3-4-9/h9-10,13H,2-8H2,1H3,(H2,12,18). The molecule has 0 spiro atoms. The second-order valence-corrected chi connectivity index (χ2v) is 7.33. The van der Waals surface area contributed by atoms with Gasteiger partial charge in [0.2, 0.25) is 0 Å². The minimum Gasteiger partial charge on any atom is -0.392 e. The molecule has 0 aromatic rings. The third kappa shape index (κ3) is 3.85. The molecule has 19 heavy (non-hydrogen) atoms. The Morgan fingerprint density at radius 1 is 1.37 bits per heavy atom. The van der Waals surface area contributed by atoms with Gasteiger partial charge in [-0.25, -0.2) is 0 Å². The van der Waals surface area contributed by atoms with Crippen LogP contribution in [0, 0.1) is 0 Å². The molecule has 2 rings (SSSR count). The SMILES string of the molecule is CCC(C(N)=S)N1CCN(S(=O)(=O)NC2CC2)CC1. The van der Waals surface area contributed by atoms with Crippen molar-refractivity contribution in [2.24, 2.45) is 5.73 Å². The molecule has 1 atom stereocenters. The Kier molecular flexibility index (Phi) is 4.78. The van der Waals surface area contributed by atoms with Crippen LogP contribution in [-0.4, -0.2) is 60.9 Å². The third-order valence-electron chi connectivity index (χ3n) is 3.66. The normalized spacial score (nSPS) is 24.3. The van der Waals surface area contributed by atoms with Crippen molar-refractivity contribution in [3.05, 3.63) is 0 Å². The highest BCUT2D eigenvalue weighted by Crippen LogP contribution is 2.21. The van der Waals surface area contributed by atoms with Crippen molar-refractivity contribution in [3.8, 4) is 0 Å². The number of nitrogens with zero attached hydrogens (tertiary/aromatic N) is 2. The summed E-state index contributed by atoms with van der Waals surface area (Å²) in [5, 5.41) is 0. The maximum Gasteiger partial charge on any atom is 0.279 e. The zero-order valence-corrected chi connectivity index (χ0v) is 12.8. The lowest BCUT2D eigenvalue weighted by Gasteiger charge is -2.37. The minimum atomic E-state index is -3.30. The van der Waals surface area contributed by atoms with Gasteiger partial charge in [0, 0.05) is 32.2 Å². The molecule has 0 bridgehead atoms. The Hall–Kier alpha value is -0.280. The van der Waals surface area contributed by atoms with E-state index in [0.717, 1.165) is 19.3 Å². The van der Waals surface area contributed by atoms with Crippen LogP contribution in [0.15, 0.2) is 0 Å². The number of hydrogen-bond acceptors (Lipinski definition) is 4. The van der Waals surface area contributed by atoms with Gasteiger partial charge >= 0.3 is 0 Å². The quantitative estimate of drug-likeness (QED) is 0.657. The molecule has 0 radical (unpaired) electrons. The Balaban J connectivity index is 1.89. The Morgan fingerprint density at radius 3 is 2.37 bits per heavy atom. The molecule has 1 saturated heterocycles. The first-order valence-electron chi connectivity index (χ1n) is 6.75. The monoisotopic (exact) mass is 306 g/mol. The van der Waals surface area contributed by atoms with Gasteiger partial charge in [-0.1, -0.05) is 19.1 Å². The molecule has 2 fully saturated rings. The van der Waals surface area contributed by atoms with Crippen molar-refractivity contribution in [2.45, 2.75) is 38.3 Å². The summed E-state index contributed by atoms with van der Waals surface area (Å²) in [6, 6.07) is 0.235. The summed E-state index contributed by atoms with van der Waals surface area (Å²) in [4.78, 5) is 2.67. The topological polar surface area (TPSA) is 78.7 Å². The third-order valence-corrected chi connectivity index (χ3v) is 5.61. The van der Waals surface area contributed by atoms with E-state index < -0.39 is 10.2 Å². The van der Waals surface area contributed by atoms with Gasteiger partial charge in [0.05, 0.1) is 11.0 Å². The smallest absolute Gasteiger partial charge is 0.279 e. The molecule has 1 saturated carbocycles. The largest absolute Gasteiger partial charge is 0.392 e. The summed E-state index contributed by atoms with van der Waals surface area (Å²) in [6.07, 6.45) is 2.78. The average molecular weight is 306 g/mol. The number of thiocarbonyl (C=S) groups is 1. The first kappa shape index (κ1) is 15.1. The number of nitrogens with two attached hydrogens (primary N) is 1. The van der Waals surface area contributed by atoms with Crippen LogP contribution in [0.1, 0.15) is 26.2 Å². The van der Waals surface area contributed by atoms with Gasteiger partial charge in [0.25, 0.3) is 10.2 Å². The number of piperazine rings is 1. The van der Waals surface area contributed by atoms with Gasteiger partial charge in [-0.05, 0) is 19.3 Å². The summed E-state index contributed by atoms with van der Waals surface area (Å²) in [6.45, 7) is 4.41. The van der Waals surface area contributed by atoms with E-state index in [0.29, 0.717) is 31.2 Å². The molecule has 1 heterocycles. The van der Waals surface area contributed by atoms with Crippen molar-refractivity contribution in [1.82, 2.24) is 13.9 Å². The van der Waals surface area contributed by atoms with E-state index in [1.165, 1.54) is 4.31 Å². The summed E-state index contributed by atoms with van der Waals surface area (Å²) >= 11 is 5.06. The van der Waals surface area contributed by atoms with Gasteiger partial charge in [-0.15, -0.1) is 0 Å². The molecule has 8 heteroatoms. The fourth-order valence-corrected chi connectivity index (χ4v) is 4.15. The van der Waals surface area contributed by atoms with Crippen molar-refractivity contribution < 1.29 is 8.42 Å². The lowest BCUT2D eigenvalue weighted by atomic mass is 10.1. The molecule has 110 valence electrons. The van der Waals surface area contributed by atoms with Crippen molar-refractivity contribution in [1.29, 1.82) is 0 Å². The van der Waals surface area contributed by atoms with E-state index in [1.54, 1.807) is 0 Å². The van der Waals surface area contributed by atoms with E-state index in [4.69, 9.17) is 18.0 Å². The van der Waals surface area contributed by atoms with E-state index >= 15 is 0 Å². The van der Waals surface area contributed by atoms with Crippen LogP contribution in [0.25, 0.3) is 0 Å². The lowest BCUT2D eigenvalue weighted by molar-refractivity contribution is 0.164. The van der Waals surface area contributed by atoms with Crippen molar-refractivity contribution in [2.75, 3.05) is 26.2 Å². The van der Waals surface area contributed by atoms with E-state index in [1.807, 2.05) is 6.92 Å². The van der Waals surface area contributed by atoms with E-state index in [9.17, 15) is 8.42 Å². The first-order valence-corrected chi connectivity index (χ1v) is 8.59. The fraction of sp³-hybridized carbons (Fsp3) is 0.909. The molecule has 3 N–H and O–H groups in total. The number of rotatable bonds is 6. The fourth-order valence-electron chi connectivity index (χ4n) is 2.38. The Labute approximate surface area is 120 Å². The zero-order chi connectivity index (χ0) is 14.0. The van der Waals surface area contributed by atoms with E-state index in [2.05, 4.69) is 9.62 Å². The molecule has 1 aliphatic carbocycles. The second-order valence-electron chi connectivity index (χ2n) is 5.16. The minimum absolute atomic E-state index is 0.0799. The molecule has 1 unspecified atom stereocenters. The van der Waals surface area contributed by atoms with Crippen molar-refractivity contribution in [3.63, 3.8) is 0 Å². The zero-order valence-electron chi connectivity index (χ0n) is 11.2. The van der Waals surface area contributed by atoms with Crippen LogP contribution >= 0.6 is 12.2 Å². The van der Waals surface area contributed by atoms with E-state index in [-0.39, 0.29) is 12.1 Å². The number of hydrogen-bond donors (Lipinski definition) is 2. The average Bonchev–Trinajstić information content (AvgIpc) is 3.13. The van der Waals surface area contributed by atoms with Crippen LogP contribution in [-0.2, 0) is 10.2 Å². The van der Waals surface area contributed by atoms with Crippen molar-refractivity contribution >= 4 is 27.4 Å². The molecule has 0 aromatic heterocycles. The lowest BCUT2D eigenvalue weighted by Crippen LogP contribution is -2.56. The van der Waals surface area contributed by atoms with Crippen LogP contribution in [0.3, 0.4) is 0 Å². The maximum absolute atomic E-state index is 12.1. The Morgan fingerprint density at radius 2 is 1.95 bits per heavy atom. The van der Waals surface area contributed by atoms with Crippen LogP contribution in [0.5, 0.6) is 0 Å². The predicted octanol–water partition coefficient (Wildman–Crippen LogP) is -0.334. The van der Waals surface area contributed by atoms with Crippen LogP contribution in [0.4, 0.5) is 0 Å². The highest BCUT2D eigenvalue weighted by molar-refractivity contribution is 7.87. The second kappa shape index (κ2) is 6.01. The molecule has 1 aliphatic heterocycles. The highest BCUT2D eigenvalue weighted by atomic mass is 32.2. The van der Waals surface area contributed by atoms with Crippen LogP contribution in [0.2, 0.25) is 0 Å². The van der Waals surface area contributed by atoms with Crippen LogP contribution < -0.4 is 10.5 Å². The summed E-state index contributed by atoms with van der Waals surface area (Å²) in [5.41, 5.74) is 5.72. The molecule has 6 nitrogen and oxygen atoms in total. The summed E-state index contributed by atoms with van der Waals surface area (Å²) in [7, 11) is -3.30. The summed E-state index contributed by atoms with van der Waals surface area (Å²) in [5.74, 6) is 0. The molecule has 0 amide bonds.